The van der Waals surface area contributed by atoms with Gasteiger partial charge in [0, 0.05) is 18.2 Å². The zero-order valence-corrected chi connectivity index (χ0v) is 12.5. The highest BCUT2D eigenvalue weighted by Crippen LogP contribution is 2.26. The monoisotopic (exact) mass is 294 g/mol. The second kappa shape index (κ2) is 6.63. The maximum Gasteiger partial charge on any atom is 0.103 e. The molecule has 2 rings (SSSR count). The first kappa shape index (κ1) is 15.4. The fourth-order valence-corrected chi connectivity index (χ4v) is 2.94. The third-order valence-electron chi connectivity index (χ3n) is 4.17. The standard InChI is InChI=1S/C15H22N2O2S/c1-10-6-7-17(13(10)9-18)8-14(19)11-2-4-12(5-3-11)15(16)20/h2-5,10,13-14,18-19H,6-9H2,1H3,(H2,16,20). The molecule has 20 heavy (non-hydrogen) atoms. The molecule has 3 atom stereocenters. The zero-order chi connectivity index (χ0) is 14.7. The van der Waals surface area contributed by atoms with Gasteiger partial charge in [0.15, 0.2) is 0 Å². The van der Waals surface area contributed by atoms with Crippen LogP contribution >= 0.6 is 12.2 Å². The summed E-state index contributed by atoms with van der Waals surface area (Å²) in [5.41, 5.74) is 7.21. The third-order valence-corrected chi connectivity index (χ3v) is 4.41. The number of nitrogens with zero attached hydrogens (tertiary/aromatic N) is 1. The molecule has 5 heteroatoms. The van der Waals surface area contributed by atoms with Crippen LogP contribution in [0.25, 0.3) is 0 Å². The molecule has 3 unspecified atom stereocenters. The summed E-state index contributed by atoms with van der Waals surface area (Å²) in [4.78, 5) is 2.52. The number of likely N-dealkylation sites (tertiary alicyclic amines) is 1. The summed E-state index contributed by atoms with van der Waals surface area (Å²) in [6.45, 7) is 3.76. The first-order chi connectivity index (χ1) is 9.52. The van der Waals surface area contributed by atoms with E-state index in [1.54, 1.807) is 0 Å². The first-order valence-electron chi connectivity index (χ1n) is 6.95. The molecule has 0 radical (unpaired) electrons. The first-order valence-corrected chi connectivity index (χ1v) is 7.36. The fourth-order valence-electron chi connectivity index (χ4n) is 2.81. The molecule has 1 aromatic carbocycles. The third kappa shape index (κ3) is 3.35. The molecular formula is C15H22N2O2S. The summed E-state index contributed by atoms with van der Waals surface area (Å²) < 4.78 is 0. The van der Waals surface area contributed by atoms with Gasteiger partial charge in [0.25, 0.3) is 0 Å². The quantitative estimate of drug-likeness (QED) is 0.708. The minimum Gasteiger partial charge on any atom is -0.395 e. The van der Waals surface area contributed by atoms with Gasteiger partial charge >= 0.3 is 0 Å². The second-order valence-electron chi connectivity index (χ2n) is 5.51. The summed E-state index contributed by atoms with van der Waals surface area (Å²) in [6, 6.07) is 7.52. The van der Waals surface area contributed by atoms with Crippen LogP contribution in [0.15, 0.2) is 24.3 Å². The van der Waals surface area contributed by atoms with Gasteiger partial charge in [-0.05, 0) is 24.4 Å². The lowest BCUT2D eigenvalue weighted by Gasteiger charge is -2.27. The number of benzene rings is 1. The second-order valence-corrected chi connectivity index (χ2v) is 5.95. The molecule has 1 aliphatic heterocycles. The zero-order valence-electron chi connectivity index (χ0n) is 11.7. The van der Waals surface area contributed by atoms with Crippen molar-refractivity contribution in [2.75, 3.05) is 19.7 Å². The lowest BCUT2D eigenvalue weighted by molar-refractivity contribution is 0.0763. The van der Waals surface area contributed by atoms with Gasteiger partial charge < -0.3 is 15.9 Å². The van der Waals surface area contributed by atoms with Gasteiger partial charge in [-0.15, -0.1) is 0 Å². The lowest BCUT2D eigenvalue weighted by Crippen LogP contribution is -2.37. The number of β-amino-alcohol motifs (C(OH)–C–C–N with tert-alkyl or cyclic N) is 1. The Bertz CT molecular complexity index is 463. The minimum atomic E-state index is -0.560. The van der Waals surface area contributed by atoms with Crippen molar-refractivity contribution in [3.8, 4) is 0 Å². The van der Waals surface area contributed by atoms with Crippen molar-refractivity contribution in [1.29, 1.82) is 0 Å². The molecule has 1 aromatic rings. The molecule has 1 saturated heterocycles. The van der Waals surface area contributed by atoms with Gasteiger partial charge in [-0.1, -0.05) is 43.4 Å². The Balaban J connectivity index is 2.01. The Morgan fingerprint density at radius 2 is 2.10 bits per heavy atom. The van der Waals surface area contributed by atoms with E-state index in [-0.39, 0.29) is 12.6 Å². The SMILES string of the molecule is CC1CCN(CC(O)c2ccc(C(N)=S)cc2)C1CO. The van der Waals surface area contributed by atoms with E-state index >= 15 is 0 Å². The van der Waals surface area contributed by atoms with Gasteiger partial charge in [0.2, 0.25) is 0 Å². The van der Waals surface area contributed by atoms with Gasteiger partial charge in [-0.3, -0.25) is 4.90 Å². The number of aliphatic hydroxyl groups excluding tert-OH is 2. The molecular weight excluding hydrogens is 272 g/mol. The average Bonchev–Trinajstić information content (AvgIpc) is 2.79. The van der Waals surface area contributed by atoms with Gasteiger partial charge in [0.05, 0.1) is 12.7 Å². The predicted octanol–water partition coefficient (Wildman–Crippen LogP) is 1.06. The van der Waals surface area contributed by atoms with Crippen molar-refractivity contribution in [3.05, 3.63) is 35.4 Å². The normalized spacial score (nSPS) is 24.8. The number of rotatable bonds is 5. The van der Waals surface area contributed by atoms with Crippen LogP contribution in [0.3, 0.4) is 0 Å². The van der Waals surface area contributed by atoms with Crippen LogP contribution in [-0.2, 0) is 0 Å². The van der Waals surface area contributed by atoms with Crippen LogP contribution in [0, 0.1) is 5.92 Å². The summed E-state index contributed by atoms with van der Waals surface area (Å²) in [6.07, 6.45) is 0.507. The summed E-state index contributed by atoms with van der Waals surface area (Å²) in [7, 11) is 0. The van der Waals surface area contributed by atoms with Crippen LogP contribution in [0.1, 0.15) is 30.6 Å². The van der Waals surface area contributed by atoms with E-state index in [0.717, 1.165) is 24.1 Å². The van der Waals surface area contributed by atoms with E-state index in [2.05, 4.69) is 11.8 Å². The van der Waals surface area contributed by atoms with E-state index in [0.29, 0.717) is 17.5 Å². The van der Waals surface area contributed by atoms with Gasteiger partial charge in [0.1, 0.15) is 4.99 Å². The topological polar surface area (TPSA) is 69.7 Å². The molecule has 4 nitrogen and oxygen atoms in total. The Morgan fingerprint density at radius 3 is 2.65 bits per heavy atom. The lowest BCUT2D eigenvalue weighted by atomic mass is 10.0. The Kier molecular flexibility index (Phi) is 5.10. The summed E-state index contributed by atoms with van der Waals surface area (Å²) >= 11 is 4.91. The molecule has 4 N–H and O–H groups in total. The van der Waals surface area contributed by atoms with Crippen molar-refractivity contribution in [3.63, 3.8) is 0 Å². The van der Waals surface area contributed by atoms with Crippen LogP contribution in [0.4, 0.5) is 0 Å². The van der Waals surface area contributed by atoms with Crippen LogP contribution < -0.4 is 5.73 Å². The van der Waals surface area contributed by atoms with Crippen molar-refractivity contribution in [2.24, 2.45) is 11.7 Å². The largest absolute Gasteiger partial charge is 0.395 e. The molecule has 1 aliphatic rings. The van der Waals surface area contributed by atoms with E-state index in [9.17, 15) is 10.2 Å². The molecule has 0 bridgehead atoms. The van der Waals surface area contributed by atoms with Gasteiger partial charge in [-0.2, -0.15) is 0 Å². The highest BCUT2D eigenvalue weighted by atomic mass is 32.1. The Morgan fingerprint density at radius 1 is 1.45 bits per heavy atom. The van der Waals surface area contributed by atoms with Crippen molar-refractivity contribution in [1.82, 2.24) is 4.90 Å². The molecule has 110 valence electrons. The Hall–Kier alpha value is -1.01. The van der Waals surface area contributed by atoms with Crippen molar-refractivity contribution in [2.45, 2.75) is 25.5 Å². The smallest absolute Gasteiger partial charge is 0.103 e. The molecule has 0 aliphatic carbocycles. The van der Waals surface area contributed by atoms with Crippen LogP contribution in [-0.4, -0.2) is 45.8 Å². The number of thiocarbonyl (C=S) groups is 1. The number of hydrogen-bond donors (Lipinski definition) is 3. The maximum atomic E-state index is 10.3. The minimum absolute atomic E-state index is 0.147. The maximum absolute atomic E-state index is 10.3. The van der Waals surface area contributed by atoms with Crippen molar-refractivity contribution >= 4 is 17.2 Å². The van der Waals surface area contributed by atoms with Crippen LogP contribution in [0.2, 0.25) is 0 Å². The molecule has 1 heterocycles. The number of aliphatic hydroxyl groups is 2. The number of hydrogen-bond acceptors (Lipinski definition) is 4. The highest BCUT2D eigenvalue weighted by Gasteiger charge is 2.31. The number of nitrogens with two attached hydrogens (primary N) is 1. The van der Waals surface area contributed by atoms with Gasteiger partial charge in [-0.25, -0.2) is 0 Å². The van der Waals surface area contributed by atoms with Crippen LogP contribution in [0.5, 0.6) is 0 Å². The Labute approximate surface area is 125 Å². The molecule has 0 aromatic heterocycles. The molecule has 0 saturated carbocycles. The van der Waals surface area contributed by atoms with E-state index in [1.807, 2.05) is 24.3 Å². The fraction of sp³-hybridized carbons (Fsp3) is 0.533. The average molecular weight is 294 g/mol. The molecule has 0 spiro atoms. The van der Waals surface area contributed by atoms with E-state index < -0.39 is 6.10 Å². The molecule has 0 amide bonds. The summed E-state index contributed by atoms with van der Waals surface area (Å²) in [5, 5.41) is 19.8. The van der Waals surface area contributed by atoms with E-state index in [1.165, 1.54) is 0 Å². The highest BCUT2D eigenvalue weighted by molar-refractivity contribution is 7.80. The summed E-state index contributed by atoms with van der Waals surface area (Å²) in [5.74, 6) is 0.476. The molecule has 1 fully saturated rings. The van der Waals surface area contributed by atoms with E-state index in [4.69, 9.17) is 18.0 Å². The van der Waals surface area contributed by atoms with Crippen molar-refractivity contribution < 1.29 is 10.2 Å². The predicted molar refractivity (Wildman–Crippen MR) is 83.5 cm³/mol.